The third kappa shape index (κ3) is 3.26. The Balaban J connectivity index is 1.73. The predicted octanol–water partition coefficient (Wildman–Crippen LogP) is 6.16. The zero-order valence-corrected chi connectivity index (χ0v) is 15.2. The Morgan fingerprint density at radius 2 is 1.50 bits per heavy atom. The Bertz CT molecular complexity index is 892. The van der Waals surface area contributed by atoms with Gasteiger partial charge in [0.2, 0.25) is 5.88 Å². The number of rotatable bonds is 4. The molecule has 0 radical (unpaired) electrons. The van der Waals surface area contributed by atoms with Gasteiger partial charge < -0.3 is 9.32 Å². The number of hydrogen-bond donors (Lipinski definition) is 0. The van der Waals surface area contributed by atoms with Crippen LogP contribution < -0.4 is 4.90 Å². The second-order valence-electron chi connectivity index (χ2n) is 6.12. The molecule has 0 bridgehead atoms. The summed E-state index contributed by atoms with van der Waals surface area (Å²) in [5.74, 6) is 1.56. The molecule has 0 spiro atoms. The summed E-state index contributed by atoms with van der Waals surface area (Å²) in [4.78, 5) is 4.04. The number of hydrogen-bond acceptors (Lipinski definition) is 3. The molecule has 130 valence electrons. The summed E-state index contributed by atoms with van der Waals surface area (Å²) in [7, 11) is 1.95. The first kappa shape index (κ1) is 16.6. The monoisotopic (exact) mass is 362 g/mol. The van der Waals surface area contributed by atoms with Gasteiger partial charge in [0.25, 0.3) is 0 Å². The van der Waals surface area contributed by atoms with Gasteiger partial charge in [0.05, 0.1) is 0 Å². The lowest BCUT2D eigenvalue weighted by molar-refractivity contribution is 0.466. The molecule has 0 saturated heterocycles. The van der Waals surface area contributed by atoms with Crippen LogP contribution in [0, 0.1) is 0 Å². The van der Waals surface area contributed by atoms with E-state index < -0.39 is 0 Å². The van der Waals surface area contributed by atoms with Crippen LogP contribution in [0.4, 0.5) is 17.3 Å². The first-order chi connectivity index (χ1) is 12.7. The molecule has 3 aromatic rings. The van der Waals surface area contributed by atoms with Crippen LogP contribution in [0.15, 0.2) is 95.6 Å². The van der Waals surface area contributed by atoms with E-state index in [1.807, 2.05) is 78.8 Å². The fraction of sp³-hybridized carbons (Fsp3) is 0.0909. The summed E-state index contributed by atoms with van der Waals surface area (Å²) in [6.45, 7) is 0. The maximum Gasteiger partial charge on any atom is 0.205 e. The summed E-state index contributed by atoms with van der Waals surface area (Å²) < 4.78 is 6.21. The second-order valence-corrected chi connectivity index (χ2v) is 6.57. The fourth-order valence-corrected chi connectivity index (χ4v) is 3.13. The van der Waals surface area contributed by atoms with Gasteiger partial charge in [0.15, 0.2) is 0 Å². The van der Waals surface area contributed by atoms with Gasteiger partial charge in [0.1, 0.15) is 11.3 Å². The molecule has 1 atom stereocenters. The quantitative estimate of drug-likeness (QED) is 0.409. The first-order valence-corrected chi connectivity index (χ1v) is 8.92. The standard InChI is InChI=1S/C22H19ClN2O/c1-24-15-14-17(16-21(24)23)20-12-13-22(26-20)25(18-8-4-2-5-9-18)19-10-6-3-7-11-19/h2-16,21H,1H3. The van der Waals surface area contributed by atoms with Gasteiger partial charge in [-0.25, -0.2) is 0 Å². The molecule has 1 aliphatic rings. The summed E-state index contributed by atoms with van der Waals surface area (Å²) in [6.07, 6.45) is 5.96. The smallest absolute Gasteiger partial charge is 0.205 e. The molecule has 26 heavy (non-hydrogen) atoms. The van der Waals surface area contributed by atoms with Crippen LogP contribution in [0.25, 0.3) is 5.57 Å². The molecule has 3 nitrogen and oxygen atoms in total. The van der Waals surface area contributed by atoms with E-state index in [-0.39, 0.29) is 5.50 Å². The molecule has 0 amide bonds. The Labute approximate surface area is 158 Å². The summed E-state index contributed by atoms with van der Waals surface area (Å²) in [5, 5.41) is 0. The Kier molecular flexibility index (Phi) is 4.55. The Hall–Kier alpha value is -2.91. The van der Waals surface area contributed by atoms with Crippen molar-refractivity contribution in [1.29, 1.82) is 0 Å². The van der Waals surface area contributed by atoms with Gasteiger partial charge in [0, 0.05) is 36.3 Å². The molecule has 0 saturated carbocycles. The number of likely N-dealkylation sites (N-methyl/N-ethyl adjacent to an activating group) is 1. The highest BCUT2D eigenvalue weighted by atomic mass is 35.5. The van der Waals surface area contributed by atoms with Crippen molar-refractivity contribution in [2.75, 3.05) is 11.9 Å². The van der Waals surface area contributed by atoms with Gasteiger partial charge in [-0.3, -0.25) is 4.90 Å². The molecular formula is C22H19ClN2O. The fourth-order valence-electron chi connectivity index (χ4n) is 2.93. The summed E-state index contributed by atoms with van der Waals surface area (Å²) in [5.41, 5.74) is 2.89. The van der Waals surface area contributed by atoms with E-state index in [1.54, 1.807) is 0 Å². The number of benzene rings is 2. The van der Waals surface area contributed by atoms with Crippen LogP contribution in [0.2, 0.25) is 0 Å². The van der Waals surface area contributed by atoms with Crippen molar-refractivity contribution in [1.82, 2.24) is 4.90 Å². The van der Waals surface area contributed by atoms with E-state index in [1.165, 1.54) is 0 Å². The second kappa shape index (κ2) is 7.14. The van der Waals surface area contributed by atoms with Crippen molar-refractivity contribution in [3.63, 3.8) is 0 Å². The van der Waals surface area contributed by atoms with E-state index in [2.05, 4.69) is 29.2 Å². The largest absolute Gasteiger partial charge is 0.440 e. The Morgan fingerprint density at radius 1 is 0.885 bits per heavy atom. The van der Waals surface area contributed by atoms with Crippen molar-refractivity contribution in [3.8, 4) is 0 Å². The van der Waals surface area contributed by atoms with E-state index in [0.29, 0.717) is 0 Å². The third-order valence-electron chi connectivity index (χ3n) is 4.32. The molecule has 1 unspecified atom stereocenters. The van der Waals surface area contributed by atoms with Crippen molar-refractivity contribution < 1.29 is 4.42 Å². The van der Waals surface area contributed by atoms with Crippen LogP contribution in [-0.2, 0) is 0 Å². The predicted molar refractivity (Wildman–Crippen MR) is 108 cm³/mol. The number of furan rings is 1. The summed E-state index contributed by atoms with van der Waals surface area (Å²) in [6, 6.07) is 24.4. The van der Waals surface area contributed by atoms with Crippen molar-refractivity contribution >= 4 is 34.4 Å². The van der Waals surface area contributed by atoms with E-state index in [9.17, 15) is 0 Å². The van der Waals surface area contributed by atoms with Crippen molar-refractivity contribution in [2.45, 2.75) is 5.50 Å². The lowest BCUT2D eigenvalue weighted by Crippen LogP contribution is -2.21. The normalized spacial score (nSPS) is 16.5. The average molecular weight is 363 g/mol. The SMILES string of the molecule is CN1C=CC(c2ccc(N(c3ccccc3)c3ccccc3)o2)=CC1Cl. The van der Waals surface area contributed by atoms with Gasteiger partial charge in [-0.05, 0) is 42.5 Å². The zero-order chi connectivity index (χ0) is 17.9. The maximum atomic E-state index is 6.32. The van der Waals surface area contributed by atoms with Crippen LogP contribution in [0.1, 0.15) is 5.76 Å². The minimum Gasteiger partial charge on any atom is -0.440 e. The summed E-state index contributed by atoms with van der Waals surface area (Å²) >= 11 is 6.32. The minimum absolute atomic E-state index is 0.178. The topological polar surface area (TPSA) is 19.6 Å². The number of para-hydroxylation sites is 2. The average Bonchev–Trinajstić information content (AvgIpc) is 3.16. The number of allylic oxidation sites excluding steroid dienone is 2. The minimum atomic E-state index is -0.178. The van der Waals surface area contributed by atoms with Crippen LogP contribution in [-0.4, -0.2) is 17.4 Å². The molecular weight excluding hydrogens is 344 g/mol. The highest BCUT2D eigenvalue weighted by Gasteiger charge is 2.18. The maximum absolute atomic E-state index is 6.32. The lowest BCUT2D eigenvalue weighted by Gasteiger charge is -2.23. The van der Waals surface area contributed by atoms with Crippen LogP contribution in [0.3, 0.4) is 0 Å². The van der Waals surface area contributed by atoms with Crippen LogP contribution >= 0.6 is 11.6 Å². The molecule has 0 aliphatic carbocycles. The molecule has 1 aliphatic heterocycles. The van der Waals surface area contributed by atoms with Gasteiger partial charge in [-0.15, -0.1) is 0 Å². The highest BCUT2D eigenvalue weighted by Crippen LogP contribution is 2.37. The number of nitrogens with zero attached hydrogens (tertiary/aromatic N) is 2. The molecule has 2 heterocycles. The van der Waals surface area contributed by atoms with Gasteiger partial charge in [-0.1, -0.05) is 48.0 Å². The number of halogens is 1. The van der Waals surface area contributed by atoms with E-state index in [0.717, 1.165) is 28.6 Å². The van der Waals surface area contributed by atoms with Gasteiger partial charge >= 0.3 is 0 Å². The van der Waals surface area contributed by atoms with E-state index in [4.69, 9.17) is 16.0 Å². The first-order valence-electron chi connectivity index (χ1n) is 8.49. The Morgan fingerprint density at radius 3 is 2.08 bits per heavy atom. The van der Waals surface area contributed by atoms with Crippen molar-refractivity contribution in [3.05, 3.63) is 96.9 Å². The molecule has 1 aromatic heterocycles. The number of anilines is 3. The highest BCUT2D eigenvalue weighted by molar-refractivity contribution is 6.22. The molecule has 0 N–H and O–H groups in total. The van der Waals surface area contributed by atoms with Crippen molar-refractivity contribution in [2.24, 2.45) is 0 Å². The third-order valence-corrected chi connectivity index (χ3v) is 4.75. The molecule has 4 heteroatoms. The molecule has 2 aromatic carbocycles. The number of alkyl halides is 1. The molecule has 0 fully saturated rings. The zero-order valence-electron chi connectivity index (χ0n) is 14.4. The van der Waals surface area contributed by atoms with Gasteiger partial charge in [-0.2, -0.15) is 0 Å². The van der Waals surface area contributed by atoms with E-state index >= 15 is 0 Å². The molecule has 4 rings (SSSR count). The lowest BCUT2D eigenvalue weighted by atomic mass is 10.1. The van der Waals surface area contributed by atoms with Crippen LogP contribution in [0.5, 0.6) is 0 Å².